The number of aliphatic hydroxyl groups is 1. The van der Waals surface area contributed by atoms with Gasteiger partial charge in [0.05, 0.1) is 17.0 Å². The second-order valence-electron chi connectivity index (χ2n) is 11.2. The van der Waals surface area contributed by atoms with Crippen LogP contribution in [0.1, 0.15) is 49.9 Å². The molecule has 6 N–H and O–H groups in total. The molecule has 0 unspecified atom stereocenters. The highest BCUT2D eigenvalue weighted by Gasteiger charge is 2.28. The van der Waals surface area contributed by atoms with Crippen molar-refractivity contribution in [1.29, 1.82) is 0 Å². The molecule has 1 aliphatic carbocycles. The number of piperazine rings is 1. The van der Waals surface area contributed by atoms with E-state index < -0.39 is 5.60 Å². The van der Waals surface area contributed by atoms with Gasteiger partial charge in [-0.3, -0.25) is 14.8 Å². The lowest BCUT2D eigenvalue weighted by Gasteiger charge is -2.37. The minimum Gasteiger partial charge on any atom is -0.401 e. The van der Waals surface area contributed by atoms with E-state index in [1.807, 2.05) is 56.6 Å². The number of hydrogen-bond donors (Lipinski definition) is 4. The molecule has 2 aromatic rings. The molecule has 2 aliphatic rings. The molecule has 1 aromatic heterocycles. The van der Waals surface area contributed by atoms with Crippen molar-refractivity contribution >= 4 is 23.1 Å². The molecule has 0 bridgehead atoms. The fourth-order valence-corrected chi connectivity index (χ4v) is 5.26. The fourth-order valence-electron chi connectivity index (χ4n) is 5.26. The number of amidine groups is 1. The van der Waals surface area contributed by atoms with Gasteiger partial charge in [-0.25, -0.2) is 9.97 Å². The van der Waals surface area contributed by atoms with E-state index in [2.05, 4.69) is 37.0 Å². The van der Waals surface area contributed by atoms with Gasteiger partial charge in [0.1, 0.15) is 5.84 Å². The standard InChI is InChI=1S/C30H43N9O/c1-21-18-24(31)26(27(33-4)22-8-6-5-7-9-22)28-23(21)19-35-29(37-28)36-25(32)10-11-34-12-13-38-14-16-39(17-15-38)20-30(2,3)40/h5-11,19,21,34,40H,12-18,20,31H2,1-4H3,(H2,32,35,36,37)/b11-10-,33-27?/t21-/m1/s1. The zero-order chi connectivity index (χ0) is 28.7. The van der Waals surface area contributed by atoms with Crippen LogP contribution in [0.4, 0.5) is 5.95 Å². The minimum absolute atomic E-state index is 0.191. The first kappa shape index (κ1) is 29.4. The predicted octanol–water partition coefficient (Wildman–Crippen LogP) is 2.25. The average molecular weight is 546 g/mol. The molecule has 10 heteroatoms. The first-order valence-electron chi connectivity index (χ1n) is 13.9. The molecule has 1 aliphatic heterocycles. The summed E-state index contributed by atoms with van der Waals surface area (Å²) >= 11 is 0. The van der Waals surface area contributed by atoms with Crippen LogP contribution in [0.2, 0.25) is 0 Å². The highest BCUT2D eigenvalue weighted by molar-refractivity contribution is 6.32. The topological polar surface area (TPSA) is 141 Å². The molecule has 0 amide bonds. The Hall–Kier alpha value is -3.60. The predicted molar refractivity (Wildman–Crippen MR) is 163 cm³/mol. The van der Waals surface area contributed by atoms with E-state index >= 15 is 0 Å². The van der Waals surface area contributed by atoms with Crippen LogP contribution in [0.5, 0.6) is 0 Å². The van der Waals surface area contributed by atoms with Crippen LogP contribution >= 0.6 is 0 Å². The lowest BCUT2D eigenvalue weighted by molar-refractivity contribution is 0.0180. The van der Waals surface area contributed by atoms with Crippen LogP contribution in [0, 0.1) is 0 Å². The molecular formula is C30H43N9O. The average Bonchev–Trinajstić information content (AvgIpc) is 2.91. The number of aromatic nitrogens is 2. The van der Waals surface area contributed by atoms with Crippen molar-refractivity contribution in [2.75, 3.05) is 52.9 Å². The third kappa shape index (κ3) is 7.74. The molecule has 214 valence electrons. The van der Waals surface area contributed by atoms with Crippen molar-refractivity contribution in [3.63, 3.8) is 0 Å². The van der Waals surface area contributed by atoms with E-state index in [4.69, 9.17) is 16.5 Å². The number of benzene rings is 1. The Labute approximate surface area is 237 Å². The number of nitrogens with zero attached hydrogens (tertiary/aromatic N) is 6. The summed E-state index contributed by atoms with van der Waals surface area (Å²) in [7, 11) is 1.77. The summed E-state index contributed by atoms with van der Waals surface area (Å²) in [5, 5.41) is 13.3. The molecule has 0 spiro atoms. The van der Waals surface area contributed by atoms with Gasteiger partial charge in [-0.1, -0.05) is 37.3 Å². The highest BCUT2D eigenvalue weighted by atomic mass is 16.3. The number of fused-ring (bicyclic) bond motifs is 1. The van der Waals surface area contributed by atoms with Crippen molar-refractivity contribution in [3.05, 3.63) is 71.3 Å². The maximum Gasteiger partial charge on any atom is 0.251 e. The highest BCUT2D eigenvalue weighted by Crippen LogP contribution is 2.37. The first-order chi connectivity index (χ1) is 19.1. The largest absolute Gasteiger partial charge is 0.401 e. The number of allylic oxidation sites excluding steroid dienone is 2. The molecule has 2 heterocycles. The van der Waals surface area contributed by atoms with E-state index in [-0.39, 0.29) is 11.9 Å². The number of β-amino-alcohol motifs (C(OH)–C–C–N with tert-alkyl or cyclic N) is 1. The van der Waals surface area contributed by atoms with Gasteiger partial charge in [0.25, 0.3) is 5.95 Å². The second-order valence-corrected chi connectivity index (χ2v) is 11.2. The Kier molecular flexibility index (Phi) is 9.67. The molecule has 4 rings (SSSR count). The van der Waals surface area contributed by atoms with Crippen molar-refractivity contribution in [3.8, 4) is 0 Å². The zero-order valence-corrected chi connectivity index (χ0v) is 24.1. The summed E-state index contributed by atoms with van der Waals surface area (Å²) in [6.45, 7) is 12.2. The summed E-state index contributed by atoms with van der Waals surface area (Å²) in [4.78, 5) is 23.0. The van der Waals surface area contributed by atoms with Crippen LogP contribution in [0.3, 0.4) is 0 Å². The van der Waals surface area contributed by atoms with Gasteiger partial charge in [-0.05, 0) is 32.3 Å². The number of nitrogens with two attached hydrogens (primary N) is 2. The Bertz CT molecular complexity index is 1270. The Morgan fingerprint density at radius 3 is 2.55 bits per heavy atom. The van der Waals surface area contributed by atoms with Crippen molar-refractivity contribution in [1.82, 2.24) is 25.1 Å². The van der Waals surface area contributed by atoms with Gasteiger partial charge in [0.2, 0.25) is 0 Å². The maximum atomic E-state index is 10.0. The van der Waals surface area contributed by atoms with Crippen molar-refractivity contribution in [2.45, 2.75) is 38.7 Å². The third-order valence-corrected chi connectivity index (χ3v) is 7.18. The lowest BCUT2D eigenvalue weighted by Crippen LogP contribution is -2.51. The molecule has 40 heavy (non-hydrogen) atoms. The van der Waals surface area contributed by atoms with Crippen molar-refractivity contribution in [2.24, 2.45) is 21.5 Å². The summed E-state index contributed by atoms with van der Waals surface area (Å²) in [6, 6.07) is 10.00. The minimum atomic E-state index is -0.653. The smallest absolute Gasteiger partial charge is 0.251 e. The third-order valence-electron chi connectivity index (χ3n) is 7.18. The van der Waals surface area contributed by atoms with Crippen molar-refractivity contribution < 1.29 is 5.11 Å². The van der Waals surface area contributed by atoms with Crippen LogP contribution in [0.25, 0.3) is 5.57 Å². The van der Waals surface area contributed by atoms with Crippen LogP contribution < -0.4 is 16.8 Å². The van der Waals surface area contributed by atoms with Gasteiger partial charge < -0.3 is 21.9 Å². The molecular weight excluding hydrogens is 502 g/mol. The summed E-state index contributed by atoms with van der Waals surface area (Å²) in [5.41, 5.74) is 17.3. The van der Waals surface area contributed by atoms with E-state index in [1.165, 1.54) is 0 Å². The molecule has 0 saturated carbocycles. The van der Waals surface area contributed by atoms with Crippen LogP contribution in [-0.4, -0.2) is 94.9 Å². The molecule has 1 atom stereocenters. The first-order valence-corrected chi connectivity index (χ1v) is 13.9. The van der Waals surface area contributed by atoms with Gasteiger partial charge in [0.15, 0.2) is 0 Å². The Balaban J connectivity index is 1.37. The Morgan fingerprint density at radius 2 is 1.88 bits per heavy atom. The summed E-state index contributed by atoms with van der Waals surface area (Å²) < 4.78 is 0. The quantitative estimate of drug-likeness (QED) is 0.202. The monoisotopic (exact) mass is 545 g/mol. The normalized spacial score (nSPS) is 19.8. The maximum absolute atomic E-state index is 10.0. The van der Waals surface area contributed by atoms with E-state index in [1.54, 1.807) is 13.1 Å². The van der Waals surface area contributed by atoms with E-state index in [0.29, 0.717) is 18.8 Å². The summed E-state index contributed by atoms with van der Waals surface area (Å²) in [5.74, 6) is 0.784. The second kappa shape index (κ2) is 13.2. The molecule has 1 fully saturated rings. The Morgan fingerprint density at radius 1 is 1.18 bits per heavy atom. The summed E-state index contributed by atoms with van der Waals surface area (Å²) in [6.07, 6.45) is 6.07. The van der Waals surface area contributed by atoms with Crippen LogP contribution in [-0.2, 0) is 0 Å². The van der Waals surface area contributed by atoms with Crippen LogP contribution in [0.15, 0.2) is 64.5 Å². The fraction of sp³-hybridized carbons (Fsp3) is 0.467. The SMILES string of the molecule is CN=C(C1=C(N)C[C@@H](C)c2cnc(/N=C(N)\C=C/NCCN3CCN(CC(C)(C)O)CC3)nc21)c1ccccc1. The van der Waals surface area contributed by atoms with E-state index in [0.717, 1.165) is 73.1 Å². The number of hydrogen-bond acceptors (Lipinski definition) is 9. The van der Waals surface area contributed by atoms with Gasteiger partial charge in [-0.15, -0.1) is 0 Å². The van der Waals surface area contributed by atoms with E-state index in [9.17, 15) is 5.11 Å². The van der Waals surface area contributed by atoms with Gasteiger partial charge >= 0.3 is 0 Å². The van der Waals surface area contributed by atoms with Gasteiger partial charge in [-0.2, -0.15) is 4.99 Å². The number of nitrogens with one attached hydrogen (secondary N) is 1. The zero-order valence-electron chi connectivity index (χ0n) is 24.1. The van der Waals surface area contributed by atoms with Gasteiger partial charge in [0, 0.05) is 87.7 Å². The molecule has 1 aromatic carbocycles. The number of rotatable bonds is 10. The number of aliphatic imine (C=N–C) groups is 2. The lowest BCUT2D eigenvalue weighted by atomic mass is 9.83. The molecule has 10 nitrogen and oxygen atoms in total. The molecule has 0 radical (unpaired) electrons. The molecule has 1 saturated heterocycles.